The Kier molecular flexibility index (Phi) is 8.00. The minimum Gasteiger partial charge on any atom is -0.467 e. The lowest BCUT2D eigenvalue weighted by Crippen LogP contribution is -2.49. The van der Waals surface area contributed by atoms with Gasteiger partial charge in [0, 0.05) is 13.1 Å². The fourth-order valence-electron chi connectivity index (χ4n) is 5.37. The average molecular weight is 585 g/mol. The third kappa shape index (κ3) is 5.90. The SMILES string of the molecule is COc1nc(Nc2cc(C)c3n(c2=O)C2(CCCCC2)N(C)C3=O)cc(N(C(=O)OC(C)(C)C)C(=O)OC(C)(C)C)n1. The van der Waals surface area contributed by atoms with Gasteiger partial charge in [-0.25, -0.2) is 9.59 Å². The van der Waals surface area contributed by atoms with Crippen LogP contribution in [0.4, 0.5) is 26.9 Å². The molecule has 42 heavy (non-hydrogen) atoms. The number of ether oxygens (including phenoxy) is 3. The van der Waals surface area contributed by atoms with Crippen molar-refractivity contribution in [2.24, 2.45) is 0 Å². The van der Waals surface area contributed by atoms with Crippen molar-refractivity contribution in [3.8, 4) is 6.01 Å². The standard InChI is InChI=1S/C29H40N6O7/c1-17-15-18(22(36)35-21(17)23(37)33(8)29(35)13-11-10-12-14-29)30-19-16-20(32-24(31-19)40-9)34(25(38)41-27(2,3)4)26(39)42-28(5,6)7/h15-16H,10-14H2,1-9H3,(H,30,31,32). The van der Waals surface area contributed by atoms with E-state index >= 15 is 0 Å². The molecule has 0 bridgehead atoms. The molecule has 4 rings (SSSR count). The van der Waals surface area contributed by atoms with Gasteiger partial charge in [0.15, 0.2) is 5.82 Å². The molecule has 0 unspecified atom stereocenters. The lowest BCUT2D eigenvalue weighted by molar-refractivity contribution is 0.0272. The second kappa shape index (κ2) is 10.9. The van der Waals surface area contributed by atoms with Gasteiger partial charge in [-0.05, 0) is 85.8 Å². The van der Waals surface area contributed by atoms with E-state index < -0.39 is 29.1 Å². The monoisotopic (exact) mass is 584 g/mol. The van der Waals surface area contributed by atoms with Gasteiger partial charge >= 0.3 is 18.2 Å². The molecule has 1 aliphatic carbocycles. The van der Waals surface area contributed by atoms with Crippen LogP contribution in [0.25, 0.3) is 0 Å². The Balaban J connectivity index is 1.81. The van der Waals surface area contributed by atoms with Crippen LogP contribution in [0.1, 0.15) is 89.7 Å². The van der Waals surface area contributed by atoms with Crippen LogP contribution in [0, 0.1) is 6.92 Å². The van der Waals surface area contributed by atoms with Crippen LogP contribution in [-0.2, 0) is 15.1 Å². The highest BCUT2D eigenvalue weighted by Crippen LogP contribution is 2.43. The maximum atomic E-state index is 14.0. The van der Waals surface area contributed by atoms with Crippen molar-refractivity contribution >= 4 is 35.4 Å². The van der Waals surface area contributed by atoms with Crippen molar-refractivity contribution in [3.05, 3.63) is 33.7 Å². The summed E-state index contributed by atoms with van der Waals surface area (Å²) in [6.45, 7) is 11.8. The first-order valence-corrected chi connectivity index (χ1v) is 14.0. The highest BCUT2D eigenvalue weighted by Gasteiger charge is 2.49. The van der Waals surface area contributed by atoms with Crippen LogP contribution < -0.4 is 20.5 Å². The number of nitrogens with zero attached hydrogens (tertiary/aromatic N) is 5. The molecule has 2 aliphatic rings. The smallest absolute Gasteiger partial charge is 0.425 e. The summed E-state index contributed by atoms with van der Waals surface area (Å²) < 4.78 is 17.8. The quantitative estimate of drug-likeness (QED) is 0.516. The number of carbonyl (C=O) groups is 3. The van der Waals surface area contributed by atoms with E-state index in [2.05, 4.69) is 15.3 Å². The van der Waals surface area contributed by atoms with E-state index in [0.29, 0.717) is 29.0 Å². The van der Waals surface area contributed by atoms with Gasteiger partial charge in [0.1, 0.15) is 34.1 Å². The molecule has 3 amide bonds. The summed E-state index contributed by atoms with van der Waals surface area (Å²) in [4.78, 5) is 64.5. The Morgan fingerprint density at radius 3 is 2.05 bits per heavy atom. The van der Waals surface area contributed by atoms with Gasteiger partial charge in [0.05, 0.1) is 7.11 Å². The van der Waals surface area contributed by atoms with Crippen molar-refractivity contribution in [1.82, 2.24) is 19.4 Å². The van der Waals surface area contributed by atoms with Crippen molar-refractivity contribution < 1.29 is 28.6 Å². The maximum absolute atomic E-state index is 14.0. The molecule has 0 saturated heterocycles. The molecule has 0 radical (unpaired) electrons. The minimum absolute atomic E-state index is 0.0707. The Morgan fingerprint density at radius 2 is 1.52 bits per heavy atom. The van der Waals surface area contributed by atoms with Gasteiger partial charge in [-0.2, -0.15) is 14.9 Å². The van der Waals surface area contributed by atoms with Crippen LogP contribution in [0.15, 0.2) is 16.9 Å². The summed E-state index contributed by atoms with van der Waals surface area (Å²) in [5, 5.41) is 3.01. The fraction of sp³-hybridized carbons (Fsp3) is 0.586. The lowest BCUT2D eigenvalue weighted by atomic mass is 9.88. The van der Waals surface area contributed by atoms with E-state index in [4.69, 9.17) is 14.2 Å². The van der Waals surface area contributed by atoms with E-state index in [1.54, 1.807) is 71.0 Å². The molecule has 1 aliphatic heterocycles. The van der Waals surface area contributed by atoms with Crippen LogP contribution >= 0.6 is 0 Å². The second-order valence-corrected chi connectivity index (χ2v) is 12.7. The van der Waals surface area contributed by atoms with Crippen LogP contribution in [0.3, 0.4) is 0 Å². The van der Waals surface area contributed by atoms with Gasteiger partial charge < -0.3 is 24.4 Å². The predicted molar refractivity (Wildman–Crippen MR) is 155 cm³/mol. The van der Waals surface area contributed by atoms with Crippen molar-refractivity contribution in [2.75, 3.05) is 24.4 Å². The van der Waals surface area contributed by atoms with Crippen LogP contribution in [0.2, 0.25) is 0 Å². The molecule has 1 spiro atoms. The number of anilines is 3. The van der Waals surface area contributed by atoms with Crippen molar-refractivity contribution in [1.29, 1.82) is 0 Å². The molecule has 13 nitrogen and oxygen atoms in total. The minimum atomic E-state index is -1.02. The Bertz CT molecular complexity index is 1440. The second-order valence-electron chi connectivity index (χ2n) is 12.7. The van der Waals surface area contributed by atoms with E-state index in [1.165, 1.54) is 13.2 Å². The first kappa shape index (κ1) is 30.8. The largest absolute Gasteiger partial charge is 0.467 e. The Labute approximate surface area is 245 Å². The molecule has 13 heteroatoms. The highest BCUT2D eigenvalue weighted by molar-refractivity contribution is 6.09. The van der Waals surface area contributed by atoms with Gasteiger partial charge in [-0.1, -0.05) is 6.42 Å². The maximum Gasteiger partial charge on any atom is 0.425 e. The number of rotatable bonds is 4. The summed E-state index contributed by atoms with van der Waals surface area (Å²) in [5.74, 6) is -0.305. The number of hydrogen-bond acceptors (Lipinski definition) is 10. The zero-order valence-corrected chi connectivity index (χ0v) is 25.8. The fourth-order valence-corrected chi connectivity index (χ4v) is 5.37. The van der Waals surface area contributed by atoms with Crippen molar-refractivity contribution in [2.45, 2.75) is 97.4 Å². The molecule has 2 aromatic rings. The molecule has 1 fully saturated rings. The summed E-state index contributed by atoms with van der Waals surface area (Å²) in [7, 11) is 3.08. The highest BCUT2D eigenvalue weighted by atomic mass is 16.6. The lowest BCUT2D eigenvalue weighted by Gasteiger charge is -2.40. The zero-order valence-electron chi connectivity index (χ0n) is 25.8. The number of nitrogens with one attached hydrogen (secondary N) is 1. The summed E-state index contributed by atoms with van der Waals surface area (Å²) >= 11 is 0. The van der Waals surface area contributed by atoms with E-state index in [0.717, 1.165) is 19.3 Å². The number of aromatic nitrogens is 3. The van der Waals surface area contributed by atoms with Crippen molar-refractivity contribution in [3.63, 3.8) is 0 Å². The molecular formula is C29H40N6O7. The predicted octanol–water partition coefficient (Wildman–Crippen LogP) is 5.08. The van der Waals surface area contributed by atoms with Crippen LogP contribution in [0.5, 0.6) is 6.01 Å². The summed E-state index contributed by atoms with van der Waals surface area (Å²) in [5.41, 5.74) is -1.80. The first-order chi connectivity index (χ1) is 19.5. The number of methoxy groups -OCH3 is 1. The van der Waals surface area contributed by atoms with Gasteiger partial charge in [0.25, 0.3) is 11.5 Å². The average Bonchev–Trinajstić information content (AvgIpc) is 3.07. The molecule has 2 aromatic heterocycles. The third-order valence-electron chi connectivity index (χ3n) is 7.11. The van der Waals surface area contributed by atoms with Gasteiger partial charge in [-0.3, -0.25) is 14.2 Å². The third-order valence-corrected chi connectivity index (χ3v) is 7.11. The molecule has 0 atom stereocenters. The Hall–Kier alpha value is -4.16. The number of fused-ring (bicyclic) bond motifs is 2. The molecule has 3 heterocycles. The van der Waals surface area contributed by atoms with E-state index in [1.807, 2.05) is 0 Å². The normalized spacial score (nSPS) is 16.2. The molecule has 1 N–H and O–H groups in total. The van der Waals surface area contributed by atoms with Gasteiger partial charge in [0.2, 0.25) is 0 Å². The first-order valence-electron chi connectivity index (χ1n) is 14.0. The molecule has 0 aromatic carbocycles. The van der Waals surface area contributed by atoms with E-state index in [-0.39, 0.29) is 34.8 Å². The summed E-state index contributed by atoms with van der Waals surface area (Å²) in [6.07, 6.45) is 2.17. The number of imide groups is 1. The number of amides is 3. The summed E-state index contributed by atoms with van der Waals surface area (Å²) in [6, 6.07) is 2.73. The number of aryl methyl sites for hydroxylation is 1. The molecular weight excluding hydrogens is 544 g/mol. The number of hydrogen-bond donors (Lipinski definition) is 1. The van der Waals surface area contributed by atoms with Gasteiger partial charge in [-0.15, -0.1) is 0 Å². The van der Waals surface area contributed by atoms with E-state index in [9.17, 15) is 19.2 Å². The molecule has 1 saturated carbocycles. The number of pyridine rings is 1. The zero-order chi connectivity index (χ0) is 31.2. The Morgan fingerprint density at radius 1 is 0.952 bits per heavy atom. The molecule has 228 valence electrons. The number of carbonyl (C=O) groups excluding carboxylic acids is 3. The topological polar surface area (TPSA) is 145 Å². The van der Waals surface area contributed by atoms with Crippen LogP contribution in [-0.4, -0.2) is 62.9 Å².